The molecule has 3 aromatic carbocycles. The zero-order valence-electron chi connectivity index (χ0n) is 19.3. The molecule has 1 aromatic heterocycles. The highest BCUT2D eigenvalue weighted by Gasteiger charge is 2.29. The molecule has 4 aromatic rings. The molecule has 0 unspecified atom stereocenters. The van der Waals surface area contributed by atoms with E-state index in [1.165, 1.54) is 12.1 Å². The monoisotopic (exact) mass is 525 g/mol. The van der Waals surface area contributed by atoms with E-state index in [0.29, 0.717) is 11.4 Å². The van der Waals surface area contributed by atoms with Crippen molar-refractivity contribution in [3.8, 4) is 11.8 Å². The average Bonchev–Trinajstić information content (AvgIpc) is 2.89. The standard InChI is InChI=1S/C24H18F3N7O4/c25-24(26,27)15-38-23-30-21(32-28-14-16-8-7-13-19(20(16)35)34(36)37)29-22(31-23)33(17-9-3-1-4-10-17)18-11-5-2-6-12-18/h1-14,35H,15H2,(H,29,30,31,32). The van der Waals surface area contributed by atoms with Gasteiger partial charge < -0.3 is 9.84 Å². The first-order valence-corrected chi connectivity index (χ1v) is 10.8. The molecular formula is C24H18F3N7O4. The molecule has 0 radical (unpaired) electrons. The van der Waals surface area contributed by atoms with E-state index in [2.05, 4.69) is 25.5 Å². The number of nitrogens with zero attached hydrogens (tertiary/aromatic N) is 6. The van der Waals surface area contributed by atoms with Gasteiger partial charge in [-0.25, -0.2) is 5.43 Å². The lowest BCUT2D eigenvalue weighted by molar-refractivity contribution is -0.385. The second kappa shape index (κ2) is 11.2. The van der Waals surface area contributed by atoms with Crippen molar-refractivity contribution in [2.75, 3.05) is 16.9 Å². The maximum atomic E-state index is 12.8. The van der Waals surface area contributed by atoms with Gasteiger partial charge in [-0.15, -0.1) is 0 Å². The molecule has 0 aliphatic heterocycles. The molecule has 38 heavy (non-hydrogen) atoms. The van der Waals surface area contributed by atoms with Gasteiger partial charge in [0.1, 0.15) is 0 Å². The Hall–Kier alpha value is -5.27. The van der Waals surface area contributed by atoms with Crippen LogP contribution in [0.1, 0.15) is 5.56 Å². The number of hydrazone groups is 1. The van der Waals surface area contributed by atoms with Gasteiger partial charge in [0, 0.05) is 23.0 Å². The van der Waals surface area contributed by atoms with Gasteiger partial charge in [-0.1, -0.05) is 42.5 Å². The summed E-state index contributed by atoms with van der Waals surface area (Å²) >= 11 is 0. The van der Waals surface area contributed by atoms with Crippen LogP contribution in [0.25, 0.3) is 0 Å². The van der Waals surface area contributed by atoms with E-state index in [-0.39, 0.29) is 17.5 Å². The molecule has 194 valence electrons. The van der Waals surface area contributed by atoms with Crippen molar-refractivity contribution in [1.82, 2.24) is 15.0 Å². The number of phenols is 1. The van der Waals surface area contributed by atoms with Gasteiger partial charge in [0.05, 0.1) is 11.1 Å². The molecule has 0 fully saturated rings. The molecule has 11 nitrogen and oxygen atoms in total. The Morgan fingerprint density at radius 3 is 2.18 bits per heavy atom. The Balaban J connectivity index is 1.72. The summed E-state index contributed by atoms with van der Waals surface area (Å²) in [6.45, 7) is -1.64. The minimum absolute atomic E-state index is 0.00437. The van der Waals surface area contributed by atoms with Crippen LogP contribution in [0.3, 0.4) is 0 Å². The molecule has 4 rings (SSSR count). The van der Waals surface area contributed by atoms with Crippen LogP contribution in [0.4, 0.5) is 42.1 Å². The fraction of sp³-hybridized carbons (Fsp3) is 0.0833. The van der Waals surface area contributed by atoms with Crippen LogP contribution in [-0.4, -0.2) is 44.0 Å². The largest absolute Gasteiger partial charge is 0.502 e. The second-order valence-corrected chi connectivity index (χ2v) is 7.49. The molecule has 14 heteroatoms. The first kappa shape index (κ1) is 25.8. The van der Waals surface area contributed by atoms with Crippen molar-refractivity contribution >= 4 is 35.2 Å². The quantitative estimate of drug-likeness (QED) is 0.168. The van der Waals surface area contributed by atoms with Crippen molar-refractivity contribution in [1.29, 1.82) is 0 Å². The average molecular weight is 525 g/mol. The van der Waals surface area contributed by atoms with Gasteiger partial charge in [-0.2, -0.15) is 33.2 Å². The molecule has 1 heterocycles. The predicted octanol–water partition coefficient (Wildman–Crippen LogP) is 5.34. The van der Waals surface area contributed by atoms with E-state index in [1.807, 2.05) is 0 Å². The van der Waals surface area contributed by atoms with E-state index in [9.17, 15) is 28.4 Å². The van der Waals surface area contributed by atoms with E-state index >= 15 is 0 Å². The van der Waals surface area contributed by atoms with E-state index < -0.39 is 35.2 Å². The van der Waals surface area contributed by atoms with Crippen molar-refractivity contribution in [3.63, 3.8) is 0 Å². The van der Waals surface area contributed by atoms with Crippen molar-refractivity contribution in [3.05, 3.63) is 94.5 Å². The Morgan fingerprint density at radius 1 is 0.974 bits per heavy atom. The number of hydrogen-bond donors (Lipinski definition) is 2. The normalized spacial score (nSPS) is 11.3. The zero-order chi connectivity index (χ0) is 27.1. The SMILES string of the molecule is O=[N+]([O-])c1cccc(C=NNc2nc(OCC(F)(F)F)nc(N(c3ccccc3)c3ccccc3)n2)c1O. The number of anilines is 4. The number of rotatable bonds is 9. The summed E-state index contributed by atoms with van der Waals surface area (Å²) in [6, 6.07) is 20.9. The maximum Gasteiger partial charge on any atom is 0.422 e. The smallest absolute Gasteiger partial charge is 0.422 e. The Morgan fingerprint density at radius 2 is 1.61 bits per heavy atom. The lowest BCUT2D eigenvalue weighted by Gasteiger charge is -2.23. The summed E-state index contributed by atoms with van der Waals surface area (Å²) in [7, 11) is 0. The highest BCUT2D eigenvalue weighted by molar-refractivity contribution is 5.86. The number of nitrogens with one attached hydrogen (secondary N) is 1. The number of nitro groups is 1. The van der Waals surface area contributed by atoms with Crippen LogP contribution >= 0.6 is 0 Å². The third kappa shape index (κ3) is 6.48. The van der Waals surface area contributed by atoms with Crippen LogP contribution in [0, 0.1) is 10.1 Å². The first-order chi connectivity index (χ1) is 18.2. The number of benzene rings is 3. The molecule has 0 atom stereocenters. The van der Waals surface area contributed by atoms with E-state index in [1.54, 1.807) is 65.6 Å². The lowest BCUT2D eigenvalue weighted by atomic mass is 10.2. The van der Waals surface area contributed by atoms with Gasteiger partial charge in [-0.3, -0.25) is 15.0 Å². The molecule has 0 bridgehead atoms. The molecule has 0 amide bonds. The van der Waals surface area contributed by atoms with Crippen molar-refractivity contribution in [2.24, 2.45) is 5.10 Å². The second-order valence-electron chi connectivity index (χ2n) is 7.49. The molecule has 2 N–H and O–H groups in total. The van der Waals surface area contributed by atoms with Crippen LogP contribution in [-0.2, 0) is 0 Å². The maximum absolute atomic E-state index is 12.8. The summed E-state index contributed by atoms with van der Waals surface area (Å²) < 4.78 is 43.3. The minimum Gasteiger partial charge on any atom is -0.502 e. The summed E-state index contributed by atoms with van der Waals surface area (Å²) in [4.78, 5) is 24.0. The number of alkyl halides is 3. The van der Waals surface area contributed by atoms with Crippen LogP contribution < -0.4 is 15.1 Å². The molecule has 0 aliphatic carbocycles. The fourth-order valence-corrected chi connectivity index (χ4v) is 3.20. The predicted molar refractivity (Wildman–Crippen MR) is 132 cm³/mol. The van der Waals surface area contributed by atoms with E-state index in [0.717, 1.165) is 12.3 Å². The number of nitro benzene ring substituents is 1. The molecule has 0 saturated heterocycles. The minimum atomic E-state index is -4.64. The van der Waals surface area contributed by atoms with Crippen molar-refractivity contribution in [2.45, 2.75) is 6.18 Å². The van der Waals surface area contributed by atoms with Gasteiger partial charge in [-0.05, 0) is 30.3 Å². The van der Waals surface area contributed by atoms with E-state index in [4.69, 9.17) is 4.74 Å². The number of halogens is 3. The summed E-state index contributed by atoms with van der Waals surface area (Å²) in [5.74, 6) is -0.983. The molecule has 0 spiro atoms. The van der Waals surface area contributed by atoms with Gasteiger partial charge in [0.25, 0.3) is 5.95 Å². The highest BCUT2D eigenvalue weighted by Crippen LogP contribution is 2.33. The topological polar surface area (TPSA) is 139 Å². The number of hydrogen-bond acceptors (Lipinski definition) is 10. The zero-order valence-corrected chi connectivity index (χ0v) is 19.3. The summed E-state index contributed by atoms with van der Waals surface area (Å²) in [5, 5.41) is 25.0. The molecule has 0 aliphatic rings. The number of ether oxygens (including phenoxy) is 1. The summed E-state index contributed by atoms with van der Waals surface area (Å²) in [5.41, 5.74) is 3.12. The number of aromatic nitrogens is 3. The Bertz CT molecular complexity index is 1400. The highest BCUT2D eigenvalue weighted by atomic mass is 19.4. The summed E-state index contributed by atoms with van der Waals surface area (Å²) in [6.07, 6.45) is -3.58. The lowest BCUT2D eigenvalue weighted by Crippen LogP contribution is -2.21. The first-order valence-electron chi connectivity index (χ1n) is 10.8. The number of para-hydroxylation sites is 3. The van der Waals surface area contributed by atoms with Crippen LogP contribution in [0.15, 0.2) is 84.0 Å². The van der Waals surface area contributed by atoms with Crippen molar-refractivity contribution < 1.29 is 27.9 Å². The van der Waals surface area contributed by atoms with Crippen LogP contribution in [0.2, 0.25) is 0 Å². The van der Waals surface area contributed by atoms with Gasteiger partial charge >= 0.3 is 17.9 Å². The number of phenolic OH excluding ortho intramolecular Hbond substituents is 1. The third-order valence-corrected chi connectivity index (χ3v) is 4.81. The number of aromatic hydroxyl groups is 1. The van der Waals surface area contributed by atoms with Crippen LogP contribution in [0.5, 0.6) is 11.8 Å². The third-order valence-electron chi connectivity index (χ3n) is 4.81. The Kier molecular flexibility index (Phi) is 7.61. The Labute approximate surface area is 213 Å². The van der Waals surface area contributed by atoms with Gasteiger partial charge in [0.15, 0.2) is 6.61 Å². The molecule has 0 saturated carbocycles. The van der Waals surface area contributed by atoms with Gasteiger partial charge in [0.2, 0.25) is 11.7 Å². The molecular weight excluding hydrogens is 507 g/mol. The fourth-order valence-electron chi connectivity index (χ4n) is 3.20.